The third-order valence-electron chi connectivity index (χ3n) is 0.500. The second-order valence-corrected chi connectivity index (χ2v) is 1.67. The van der Waals surface area contributed by atoms with Crippen molar-refractivity contribution >= 4 is 12.8 Å². The zero-order valence-corrected chi connectivity index (χ0v) is 6.26. The van der Waals surface area contributed by atoms with Gasteiger partial charge in [0.2, 0.25) is 0 Å². The number of thiol groups is 1. The number of nitrogens with one attached hydrogen (secondary N) is 1. The third kappa shape index (κ3) is 68.3. The maximum atomic E-state index is 3.54. The molecule has 0 aromatic rings. The topological polar surface area (TPSA) is 12.0 Å². The SMILES string of the molecule is CCCC.CNS. The molecule has 0 spiro atoms. The molecule has 0 atom stereocenters. The van der Waals surface area contributed by atoms with Gasteiger partial charge in [0.1, 0.15) is 0 Å². The van der Waals surface area contributed by atoms with E-state index in [9.17, 15) is 0 Å². The molecule has 0 aromatic carbocycles. The van der Waals surface area contributed by atoms with Crippen LogP contribution < -0.4 is 4.72 Å². The average Bonchev–Trinajstić information content (AvgIpc) is 1.69. The fraction of sp³-hybridized carbons (Fsp3) is 1.00. The van der Waals surface area contributed by atoms with Crippen molar-refractivity contribution in [1.82, 2.24) is 4.72 Å². The second kappa shape index (κ2) is 16.2. The summed E-state index contributed by atoms with van der Waals surface area (Å²) in [5.74, 6) is 0. The van der Waals surface area contributed by atoms with Crippen molar-refractivity contribution in [3.8, 4) is 0 Å². The minimum absolute atomic E-state index is 1.32. The van der Waals surface area contributed by atoms with E-state index in [4.69, 9.17) is 0 Å². The summed E-state index contributed by atoms with van der Waals surface area (Å²) in [4.78, 5) is 0. The minimum atomic E-state index is 1.32. The molecule has 2 heteroatoms. The van der Waals surface area contributed by atoms with Gasteiger partial charge in [-0.25, -0.2) is 0 Å². The number of rotatable bonds is 1. The molecular formula is C5H15NS. The maximum absolute atomic E-state index is 3.54. The van der Waals surface area contributed by atoms with Crippen molar-refractivity contribution < 1.29 is 0 Å². The quantitative estimate of drug-likeness (QED) is 0.505. The van der Waals surface area contributed by atoms with E-state index in [2.05, 4.69) is 31.4 Å². The highest BCUT2D eigenvalue weighted by Crippen LogP contribution is 1.76. The summed E-state index contributed by atoms with van der Waals surface area (Å²) in [6.45, 7) is 4.36. The van der Waals surface area contributed by atoms with Crippen molar-refractivity contribution in [2.24, 2.45) is 0 Å². The van der Waals surface area contributed by atoms with Gasteiger partial charge in [-0.15, -0.1) is 0 Å². The van der Waals surface area contributed by atoms with Gasteiger partial charge in [-0.1, -0.05) is 39.5 Å². The van der Waals surface area contributed by atoms with Gasteiger partial charge in [0, 0.05) is 0 Å². The monoisotopic (exact) mass is 121 g/mol. The van der Waals surface area contributed by atoms with E-state index in [-0.39, 0.29) is 0 Å². The van der Waals surface area contributed by atoms with Crippen LogP contribution in [0.5, 0.6) is 0 Å². The van der Waals surface area contributed by atoms with E-state index >= 15 is 0 Å². The first-order chi connectivity index (χ1) is 3.33. The number of unbranched alkanes of at least 4 members (excludes halogenated alkanes) is 1. The Labute approximate surface area is 52.0 Å². The fourth-order valence-corrected chi connectivity index (χ4v) is 0. The molecule has 1 nitrogen and oxygen atoms in total. The average molecular weight is 121 g/mol. The molecule has 7 heavy (non-hydrogen) atoms. The molecule has 0 aliphatic rings. The van der Waals surface area contributed by atoms with Crippen LogP contribution in [0.25, 0.3) is 0 Å². The van der Waals surface area contributed by atoms with Crippen molar-refractivity contribution in [3.63, 3.8) is 0 Å². The third-order valence-corrected chi connectivity index (χ3v) is 0.500. The van der Waals surface area contributed by atoms with E-state index in [1.807, 2.05) is 0 Å². The molecule has 0 rings (SSSR count). The van der Waals surface area contributed by atoms with Crippen LogP contribution in [0.4, 0.5) is 0 Å². The van der Waals surface area contributed by atoms with E-state index < -0.39 is 0 Å². The predicted octanol–water partition coefficient (Wildman–Crippen LogP) is 1.86. The second-order valence-electron chi connectivity index (χ2n) is 1.22. The van der Waals surface area contributed by atoms with Crippen molar-refractivity contribution in [2.45, 2.75) is 26.7 Å². The summed E-state index contributed by atoms with van der Waals surface area (Å²) in [5.41, 5.74) is 0. The first-order valence-corrected chi connectivity index (χ1v) is 3.09. The first kappa shape index (κ1) is 10.3. The lowest BCUT2D eigenvalue weighted by Gasteiger charge is -1.68. The Morgan fingerprint density at radius 3 is 1.43 bits per heavy atom. The summed E-state index contributed by atoms with van der Waals surface area (Å²) in [7, 11) is 1.74. The number of hydrogen-bond acceptors (Lipinski definition) is 2. The van der Waals surface area contributed by atoms with Crippen LogP contribution in [0.1, 0.15) is 26.7 Å². The highest BCUT2D eigenvalue weighted by Gasteiger charge is 1.56. The molecule has 0 bridgehead atoms. The van der Waals surface area contributed by atoms with Crippen LogP contribution in [-0.2, 0) is 0 Å². The van der Waals surface area contributed by atoms with Crippen LogP contribution >= 0.6 is 12.8 Å². The van der Waals surface area contributed by atoms with Gasteiger partial charge in [-0.3, -0.25) is 4.72 Å². The molecule has 0 saturated heterocycles. The summed E-state index contributed by atoms with van der Waals surface area (Å²) >= 11 is 3.54. The fourth-order valence-electron chi connectivity index (χ4n) is 0. The molecule has 0 aliphatic carbocycles. The summed E-state index contributed by atoms with van der Waals surface area (Å²) in [6, 6.07) is 0. The Morgan fingerprint density at radius 1 is 1.29 bits per heavy atom. The van der Waals surface area contributed by atoms with Gasteiger partial charge in [-0.05, 0) is 7.05 Å². The van der Waals surface area contributed by atoms with Gasteiger partial charge in [0.05, 0.1) is 0 Å². The molecule has 0 fully saturated rings. The molecule has 0 radical (unpaired) electrons. The Morgan fingerprint density at radius 2 is 1.43 bits per heavy atom. The van der Waals surface area contributed by atoms with E-state index in [0.29, 0.717) is 0 Å². The van der Waals surface area contributed by atoms with Gasteiger partial charge in [-0.2, -0.15) is 0 Å². The van der Waals surface area contributed by atoms with Gasteiger partial charge < -0.3 is 0 Å². The zero-order chi connectivity index (χ0) is 6.12. The standard InChI is InChI=1S/C4H10.CH5NS/c1-3-4-2;1-2-3/h3-4H2,1-2H3;2-3H,1H3. The van der Waals surface area contributed by atoms with E-state index in [1.165, 1.54) is 12.8 Å². The van der Waals surface area contributed by atoms with E-state index in [0.717, 1.165) is 0 Å². The van der Waals surface area contributed by atoms with Crippen LogP contribution in [0.3, 0.4) is 0 Å². The van der Waals surface area contributed by atoms with Crippen LogP contribution in [0, 0.1) is 0 Å². The Bertz CT molecular complexity index is 15.6. The van der Waals surface area contributed by atoms with Gasteiger partial charge in [0.15, 0.2) is 0 Å². The molecule has 0 amide bonds. The molecule has 0 heterocycles. The minimum Gasteiger partial charge on any atom is -0.270 e. The zero-order valence-electron chi connectivity index (χ0n) is 5.36. The molecule has 0 aliphatic heterocycles. The molecule has 0 saturated carbocycles. The van der Waals surface area contributed by atoms with E-state index in [1.54, 1.807) is 7.05 Å². The predicted molar refractivity (Wildman–Crippen MR) is 38.6 cm³/mol. The van der Waals surface area contributed by atoms with Crippen molar-refractivity contribution in [3.05, 3.63) is 0 Å². The van der Waals surface area contributed by atoms with Crippen LogP contribution in [0.15, 0.2) is 0 Å². The Balaban J connectivity index is 0. The first-order valence-electron chi connectivity index (χ1n) is 2.64. The summed E-state index contributed by atoms with van der Waals surface area (Å²) in [5, 5.41) is 0. The number of hydrogen-bond donors (Lipinski definition) is 2. The van der Waals surface area contributed by atoms with Gasteiger partial charge in [0.25, 0.3) is 0 Å². The summed E-state index contributed by atoms with van der Waals surface area (Å²) < 4.78 is 2.44. The maximum Gasteiger partial charge on any atom is -0.00587 e. The highest BCUT2D eigenvalue weighted by molar-refractivity contribution is 7.78. The van der Waals surface area contributed by atoms with Crippen LogP contribution in [0.2, 0.25) is 0 Å². The van der Waals surface area contributed by atoms with Crippen molar-refractivity contribution in [1.29, 1.82) is 0 Å². The lowest BCUT2D eigenvalue weighted by molar-refractivity contribution is 0.886. The Hall–Kier alpha value is 0.310. The molecule has 0 aromatic heterocycles. The molecule has 0 unspecified atom stereocenters. The molecule has 46 valence electrons. The molecule has 1 N–H and O–H groups in total. The van der Waals surface area contributed by atoms with Gasteiger partial charge >= 0.3 is 0 Å². The Kier molecular flexibility index (Phi) is 23.9. The molecular weight excluding hydrogens is 106 g/mol. The lowest BCUT2D eigenvalue weighted by Crippen LogP contribution is -1.76. The lowest BCUT2D eigenvalue weighted by atomic mass is 10.4. The highest BCUT2D eigenvalue weighted by atomic mass is 32.1. The summed E-state index contributed by atoms with van der Waals surface area (Å²) in [6.07, 6.45) is 2.64. The van der Waals surface area contributed by atoms with Crippen LogP contribution in [-0.4, -0.2) is 7.05 Å². The normalized spacial score (nSPS) is 6.86. The largest absolute Gasteiger partial charge is 0.270 e. The van der Waals surface area contributed by atoms with Crippen molar-refractivity contribution in [2.75, 3.05) is 7.05 Å². The smallest absolute Gasteiger partial charge is 0.00587 e.